The molecule has 1 aromatic rings. The lowest BCUT2D eigenvalue weighted by Crippen LogP contribution is -1.88. The van der Waals surface area contributed by atoms with Gasteiger partial charge in [0, 0.05) is 11.9 Å². The molecule has 1 heteroatoms. The second-order valence-electron chi connectivity index (χ2n) is 2.63. The topological polar surface area (TPSA) is 12.9 Å². The number of aromatic nitrogens is 1. The fourth-order valence-corrected chi connectivity index (χ4v) is 1.12. The Kier molecular flexibility index (Phi) is 21.6. The molecule has 0 unspecified atom stereocenters. The Morgan fingerprint density at radius 2 is 1.41 bits per heavy atom. The van der Waals surface area contributed by atoms with Gasteiger partial charge in [0.2, 0.25) is 0 Å². The van der Waals surface area contributed by atoms with E-state index in [1.807, 2.05) is 73.7 Å². The van der Waals surface area contributed by atoms with Crippen LogP contribution in [0.1, 0.15) is 65.3 Å². The summed E-state index contributed by atoms with van der Waals surface area (Å²) >= 11 is 0. The van der Waals surface area contributed by atoms with Crippen molar-refractivity contribution < 1.29 is 0 Å². The van der Waals surface area contributed by atoms with Gasteiger partial charge in [0.25, 0.3) is 0 Å². The number of aryl methyl sites for hydroxylation is 2. The van der Waals surface area contributed by atoms with Crippen molar-refractivity contribution in [2.45, 2.75) is 62.3 Å². The molecule has 0 aliphatic rings. The number of rotatable bonds is 1. The van der Waals surface area contributed by atoms with Crippen LogP contribution >= 0.6 is 0 Å². The molecule has 0 aromatic carbocycles. The van der Waals surface area contributed by atoms with Crippen LogP contribution in [0.4, 0.5) is 0 Å². The third kappa shape index (κ3) is 9.80. The quantitative estimate of drug-likeness (QED) is 0.600. The summed E-state index contributed by atoms with van der Waals surface area (Å²) in [5.41, 5.74) is 3.63. The van der Waals surface area contributed by atoms with Crippen molar-refractivity contribution >= 4 is 6.08 Å². The summed E-state index contributed by atoms with van der Waals surface area (Å²) < 4.78 is 0. The normalized spacial score (nSPS) is 8.06. The van der Waals surface area contributed by atoms with E-state index in [4.69, 9.17) is 0 Å². The highest BCUT2D eigenvalue weighted by atomic mass is 14.7. The minimum atomic E-state index is 1.10. The molecule has 0 spiro atoms. The summed E-state index contributed by atoms with van der Waals surface area (Å²) in [7, 11) is 0. The van der Waals surface area contributed by atoms with Crippen molar-refractivity contribution in [1.29, 1.82) is 0 Å². The maximum atomic E-state index is 4.21. The minimum absolute atomic E-state index is 1.10. The SMILES string of the molecule is C/C=C\c1c(C)ccnc1C.CC.CC.CC. The van der Waals surface area contributed by atoms with Crippen LogP contribution in [0.15, 0.2) is 18.3 Å². The van der Waals surface area contributed by atoms with Crippen molar-refractivity contribution in [2.24, 2.45) is 0 Å². The van der Waals surface area contributed by atoms with Gasteiger partial charge >= 0.3 is 0 Å². The summed E-state index contributed by atoms with van der Waals surface area (Å²) in [6.07, 6.45) is 5.98. The highest BCUT2D eigenvalue weighted by molar-refractivity contribution is 5.54. The molecule has 0 aliphatic carbocycles. The van der Waals surface area contributed by atoms with E-state index in [9.17, 15) is 0 Å². The molecule has 0 fully saturated rings. The summed E-state index contributed by atoms with van der Waals surface area (Å²) in [6.45, 7) is 18.2. The summed E-state index contributed by atoms with van der Waals surface area (Å²) in [4.78, 5) is 4.21. The van der Waals surface area contributed by atoms with Crippen LogP contribution in [0.25, 0.3) is 6.08 Å². The molecule has 1 rings (SSSR count). The highest BCUT2D eigenvalue weighted by Gasteiger charge is 1.96. The number of pyridine rings is 1. The van der Waals surface area contributed by atoms with E-state index < -0.39 is 0 Å². The molecule has 0 atom stereocenters. The zero-order chi connectivity index (χ0) is 14.3. The summed E-state index contributed by atoms with van der Waals surface area (Å²) in [5, 5.41) is 0. The van der Waals surface area contributed by atoms with Gasteiger partial charge < -0.3 is 0 Å². The Bertz CT molecular complexity index is 255. The number of hydrogen-bond acceptors (Lipinski definition) is 1. The molecule has 1 nitrogen and oxygen atoms in total. The molecule has 1 heterocycles. The average molecular weight is 237 g/mol. The Morgan fingerprint density at radius 1 is 0.941 bits per heavy atom. The highest BCUT2D eigenvalue weighted by Crippen LogP contribution is 2.11. The third-order valence-corrected chi connectivity index (χ3v) is 1.74. The Labute approximate surface area is 109 Å². The van der Waals surface area contributed by atoms with Gasteiger partial charge in [-0.2, -0.15) is 0 Å². The lowest BCUT2D eigenvalue weighted by atomic mass is 10.1. The molecule has 1 aromatic heterocycles. The Hall–Kier alpha value is -1.11. The maximum absolute atomic E-state index is 4.21. The first-order valence-electron chi connectivity index (χ1n) is 6.80. The predicted octanol–water partition coefficient (Wildman–Crippen LogP) is 5.81. The lowest BCUT2D eigenvalue weighted by Gasteiger charge is -2.01. The van der Waals surface area contributed by atoms with Gasteiger partial charge in [0.15, 0.2) is 0 Å². The van der Waals surface area contributed by atoms with Gasteiger partial charge in [0.05, 0.1) is 0 Å². The average Bonchev–Trinajstić information content (AvgIpc) is 2.41. The first-order chi connectivity index (χ1) is 8.25. The first-order valence-corrected chi connectivity index (χ1v) is 6.80. The molecule has 17 heavy (non-hydrogen) atoms. The van der Waals surface area contributed by atoms with E-state index in [1.165, 1.54) is 11.1 Å². The van der Waals surface area contributed by atoms with E-state index in [1.54, 1.807) is 0 Å². The van der Waals surface area contributed by atoms with Crippen molar-refractivity contribution in [3.8, 4) is 0 Å². The van der Waals surface area contributed by atoms with Crippen LogP contribution < -0.4 is 0 Å². The standard InChI is InChI=1S/C10H13N.3C2H6/c1-4-5-10-8(2)6-7-11-9(10)3;3*1-2/h4-7H,1-3H3;3*1-2H3/b5-4-;;;. The molecule has 0 aliphatic heterocycles. The van der Waals surface area contributed by atoms with E-state index >= 15 is 0 Å². The number of allylic oxidation sites excluding steroid dienone is 1. The molecule has 0 saturated heterocycles. The Balaban J connectivity index is -0.000000285. The van der Waals surface area contributed by atoms with Gasteiger partial charge in [-0.3, -0.25) is 4.98 Å². The summed E-state index contributed by atoms with van der Waals surface area (Å²) in [5.74, 6) is 0. The fourth-order valence-electron chi connectivity index (χ4n) is 1.12. The second kappa shape index (κ2) is 17.3. The largest absolute Gasteiger partial charge is 0.261 e. The van der Waals surface area contributed by atoms with E-state index in [0.29, 0.717) is 0 Å². The molecule has 0 N–H and O–H groups in total. The lowest BCUT2D eigenvalue weighted by molar-refractivity contribution is 1.16. The zero-order valence-corrected chi connectivity index (χ0v) is 13.3. The minimum Gasteiger partial charge on any atom is -0.261 e. The maximum Gasteiger partial charge on any atom is 0.0447 e. The Morgan fingerprint density at radius 3 is 1.76 bits per heavy atom. The van der Waals surface area contributed by atoms with E-state index in [2.05, 4.69) is 18.0 Å². The monoisotopic (exact) mass is 237 g/mol. The molecule has 100 valence electrons. The van der Waals surface area contributed by atoms with Crippen LogP contribution in [0, 0.1) is 13.8 Å². The van der Waals surface area contributed by atoms with Crippen molar-refractivity contribution in [2.75, 3.05) is 0 Å². The predicted molar refractivity (Wildman–Crippen MR) is 82.5 cm³/mol. The van der Waals surface area contributed by atoms with Crippen molar-refractivity contribution in [3.63, 3.8) is 0 Å². The first kappa shape index (κ1) is 21.2. The molecular formula is C16H31N. The van der Waals surface area contributed by atoms with Crippen molar-refractivity contribution in [1.82, 2.24) is 4.98 Å². The second-order valence-corrected chi connectivity index (χ2v) is 2.63. The number of nitrogens with zero attached hydrogens (tertiary/aromatic N) is 1. The van der Waals surface area contributed by atoms with Gasteiger partial charge in [-0.1, -0.05) is 53.7 Å². The fraction of sp³-hybridized carbons (Fsp3) is 0.562. The van der Waals surface area contributed by atoms with Crippen molar-refractivity contribution in [3.05, 3.63) is 35.2 Å². The van der Waals surface area contributed by atoms with Crippen LogP contribution in [-0.4, -0.2) is 4.98 Å². The van der Waals surface area contributed by atoms with Crippen LogP contribution in [0.3, 0.4) is 0 Å². The van der Waals surface area contributed by atoms with Crippen LogP contribution in [0.2, 0.25) is 0 Å². The molecule has 0 amide bonds. The molecular weight excluding hydrogens is 206 g/mol. The molecule has 0 bridgehead atoms. The molecule has 0 radical (unpaired) electrons. The van der Waals surface area contributed by atoms with Gasteiger partial charge in [0.1, 0.15) is 0 Å². The molecule has 0 saturated carbocycles. The van der Waals surface area contributed by atoms with Crippen LogP contribution in [-0.2, 0) is 0 Å². The third-order valence-electron chi connectivity index (χ3n) is 1.74. The van der Waals surface area contributed by atoms with Gasteiger partial charge in [-0.05, 0) is 38.0 Å². The zero-order valence-electron chi connectivity index (χ0n) is 13.3. The summed E-state index contributed by atoms with van der Waals surface area (Å²) in [6, 6.07) is 2.03. The van der Waals surface area contributed by atoms with E-state index in [-0.39, 0.29) is 0 Å². The van der Waals surface area contributed by atoms with E-state index in [0.717, 1.165) is 5.69 Å². The van der Waals surface area contributed by atoms with Gasteiger partial charge in [-0.25, -0.2) is 0 Å². The number of hydrogen-bond donors (Lipinski definition) is 0. The van der Waals surface area contributed by atoms with Gasteiger partial charge in [-0.15, -0.1) is 0 Å². The smallest absolute Gasteiger partial charge is 0.0447 e. The van der Waals surface area contributed by atoms with Crippen LogP contribution in [0.5, 0.6) is 0 Å².